The van der Waals surface area contributed by atoms with Gasteiger partial charge in [-0.3, -0.25) is 14.4 Å². The molecule has 1 aliphatic rings. The molecule has 38 heavy (non-hydrogen) atoms. The number of nitrogens with one attached hydrogen (secondary N) is 2. The molecule has 198 valence electrons. The Labute approximate surface area is 212 Å². The van der Waals surface area contributed by atoms with Crippen LogP contribution < -0.4 is 5.56 Å². The quantitative estimate of drug-likeness (QED) is 0.296. The van der Waals surface area contributed by atoms with E-state index in [0.717, 1.165) is 24.3 Å². The highest BCUT2D eigenvalue weighted by Crippen LogP contribution is 2.39. The van der Waals surface area contributed by atoms with Crippen LogP contribution in [-0.2, 0) is 14.3 Å². The first-order valence-electron chi connectivity index (χ1n) is 11.6. The van der Waals surface area contributed by atoms with Crippen LogP contribution in [0.15, 0.2) is 35.1 Å². The van der Waals surface area contributed by atoms with E-state index in [1.165, 1.54) is 18.0 Å². The summed E-state index contributed by atoms with van der Waals surface area (Å²) in [4.78, 5) is 45.0. The minimum atomic E-state index is -1.37. The molecule has 0 aliphatic carbocycles. The van der Waals surface area contributed by atoms with Crippen LogP contribution in [0.4, 0.5) is 17.6 Å². The maximum Gasteiger partial charge on any atom is 0.310 e. The van der Waals surface area contributed by atoms with Crippen LogP contribution >= 0.6 is 0 Å². The number of fused-ring (bicyclic) bond motifs is 4. The number of halogens is 4. The molecule has 4 aromatic rings. The number of nitrogens with zero attached hydrogens (tertiary/aromatic N) is 1. The number of H-pyrrole nitrogens is 2. The molecule has 0 fully saturated rings. The summed E-state index contributed by atoms with van der Waals surface area (Å²) in [5.41, 5.74) is -0.432. The fraction of sp³-hybridized carbons (Fsp3) is 0.269. The summed E-state index contributed by atoms with van der Waals surface area (Å²) < 4.78 is 66.8. The van der Waals surface area contributed by atoms with E-state index in [4.69, 9.17) is 9.47 Å². The number of ether oxygens (including phenoxy) is 2. The van der Waals surface area contributed by atoms with Crippen LogP contribution in [0.5, 0.6) is 0 Å². The zero-order valence-electron chi connectivity index (χ0n) is 20.3. The second-order valence-corrected chi connectivity index (χ2v) is 9.32. The van der Waals surface area contributed by atoms with Crippen molar-refractivity contribution in [2.75, 3.05) is 13.7 Å². The van der Waals surface area contributed by atoms with Gasteiger partial charge in [0.15, 0.2) is 23.3 Å². The Morgan fingerprint density at radius 1 is 0.974 bits per heavy atom. The van der Waals surface area contributed by atoms with E-state index in [2.05, 4.69) is 9.97 Å². The SMILES string of the molecule is CC(C)C(=O)OC1OC[C@H](N(C)C(=O)c2cc3cc(F)c(F)cc3[nH]2)c2c1[nH]c(=O)c1cc(F)c(F)cc21. The number of likely N-dealkylation sites (N-methyl/N-ethyl adjacent to an activating group) is 1. The normalized spacial score (nSPS) is 17.2. The summed E-state index contributed by atoms with van der Waals surface area (Å²) in [6.07, 6.45) is -1.37. The second-order valence-electron chi connectivity index (χ2n) is 9.32. The van der Waals surface area contributed by atoms with Gasteiger partial charge in [0.2, 0.25) is 6.29 Å². The molecular weight excluding hydrogens is 510 g/mol. The zero-order chi connectivity index (χ0) is 27.5. The molecule has 12 heteroatoms. The lowest BCUT2D eigenvalue weighted by Crippen LogP contribution is -2.39. The van der Waals surface area contributed by atoms with Crippen LogP contribution in [0.2, 0.25) is 0 Å². The van der Waals surface area contributed by atoms with Gasteiger partial charge < -0.3 is 24.3 Å². The predicted molar refractivity (Wildman–Crippen MR) is 127 cm³/mol. The molecule has 2 atom stereocenters. The molecule has 2 aromatic carbocycles. The lowest BCUT2D eigenvalue weighted by molar-refractivity contribution is -0.192. The Morgan fingerprint density at radius 3 is 2.29 bits per heavy atom. The number of aromatic nitrogens is 2. The Bertz CT molecular complexity index is 1640. The monoisotopic (exact) mass is 531 g/mol. The fourth-order valence-electron chi connectivity index (χ4n) is 4.46. The van der Waals surface area contributed by atoms with Gasteiger partial charge >= 0.3 is 5.97 Å². The van der Waals surface area contributed by atoms with Gasteiger partial charge in [0.1, 0.15) is 5.69 Å². The lowest BCUT2D eigenvalue weighted by Gasteiger charge is -2.36. The van der Waals surface area contributed by atoms with Crippen molar-refractivity contribution < 1.29 is 36.6 Å². The smallest absolute Gasteiger partial charge is 0.310 e. The van der Waals surface area contributed by atoms with E-state index in [1.807, 2.05) is 0 Å². The first-order valence-corrected chi connectivity index (χ1v) is 11.6. The van der Waals surface area contributed by atoms with Crippen LogP contribution in [0, 0.1) is 29.2 Å². The predicted octanol–water partition coefficient (Wildman–Crippen LogP) is 4.61. The maximum atomic E-state index is 14.3. The van der Waals surface area contributed by atoms with Crippen molar-refractivity contribution in [3.05, 3.63) is 80.9 Å². The topological polar surface area (TPSA) is 104 Å². The van der Waals surface area contributed by atoms with Gasteiger partial charge in [0, 0.05) is 29.6 Å². The van der Waals surface area contributed by atoms with E-state index >= 15 is 0 Å². The number of carbonyl (C=O) groups excluding carboxylic acids is 2. The highest BCUT2D eigenvalue weighted by molar-refractivity contribution is 5.98. The molecule has 3 heterocycles. The molecule has 1 amide bonds. The lowest BCUT2D eigenvalue weighted by atomic mass is 9.94. The minimum absolute atomic E-state index is 0.00184. The van der Waals surface area contributed by atoms with Crippen molar-refractivity contribution in [2.24, 2.45) is 5.92 Å². The van der Waals surface area contributed by atoms with Gasteiger partial charge in [-0.2, -0.15) is 0 Å². The van der Waals surface area contributed by atoms with Crippen molar-refractivity contribution in [1.82, 2.24) is 14.9 Å². The van der Waals surface area contributed by atoms with Crippen LogP contribution in [-0.4, -0.2) is 40.4 Å². The molecule has 2 N–H and O–H groups in total. The summed E-state index contributed by atoms with van der Waals surface area (Å²) in [6, 6.07) is 3.83. The Morgan fingerprint density at radius 2 is 1.61 bits per heavy atom. The molecule has 1 unspecified atom stereocenters. The van der Waals surface area contributed by atoms with Crippen molar-refractivity contribution in [3.63, 3.8) is 0 Å². The molecule has 0 saturated carbocycles. The van der Waals surface area contributed by atoms with Gasteiger partial charge in [0.05, 0.1) is 29.6 Å². The molecule has 0 spiro atoms. The van der Waals surface area contributed by atoms with Crippen molar-refractivity contribution in [2.45, 2.75) is 26.2 Å². The minimum Gasteiger partial charge on any atom is -0.429 e. The number of hydrogen-bond acceptors (Lipinski definition) is 5. The highest BCUT2D eigenvalue weighted by atomic mass is 19.2. The highest BCUT2D eigenvalue weighted by Gasteiger charge is 2.38. The molecule has 2 aromatic heterocycles. The molecule has 8 nitrogen and oxygen atoms in total. The molecule has 0 radical (unpaired) electrons. The number of hydrogen-bond donors (Lipinski definition) is 2. The van der Waals surface area contributed by atoms with Crippen LogP contribution in [0.25, 0.3) is 21.7 Å². The molecule has 1 aliphatic heterocycles. The Kier molecular flexibility index (Phi) is 6.22. The number of benzene rings is 2. The van der Waals surface area contributed by atoms with E-state index in [1.54, 1.807) is 13.8 Å². The average molecular weight is 531 g/mol. The van der Waals surface area contributed by atoms with Crippen LogP contribution in [0.3, 0.4) is 0 Å². The number of aromatic amines is 2. The standard InChI is InChI=1S/C26H21F4N3O5/c1-10(2)25(36)38-26-22-21(12-6-15(28)16(29)7-13(12)23(34)32-22)20(9-37-26)33(3)24(35)19-5-11-4-14(27)17(30)8-18(11)31-19/h4-8,10,20,26,31H,9H2,1-3H3,(H,32,34)/t20-,26?/m0/s1. The third-order valence-corrected chi connectivity index (χ3v) is 6.48. The summed E-state index contributed by atoms with van der Waals surface area (Å²) >= 11 is 0. The van der Waals surface area contributed by atoms with E-state index in [0.29, 0.717) is 0 Å². The number of carbonyl (C=O) groups is 2. The molecule has 0 bridgehead atoms. The number of amides is 1. The third-order valence-electron chi connectivity index (χ3n) is 6.48. The zero-order valence-corrected chi connectivity index (χ0v) is 20.3. The summed E-state index contributed by atoms with van der Waals surface area (Å²) in [7, 11) is 1.41. The first kappa shape index (κ1) is 25.5. The van der Waals surface area contributed by atoms with E-state index in [9.17, 15) is 31.9 Å². The summed E-state index contributed by atoms with van der Waals surface area (Å²) in [5.74, 6) is -6.41. The van der Waals surface area contributed by atoms with Crippen molar-refractivity contribution in [3.8, 4) is 0 Å². The third kappa shape index (κ3) is 4.20. The van der Waals surface area contributed by atoms with Gasteiger partial charge in [-0.15, -0.1) is 0 Å². The number of pyridine rings is 1. The van der Waals surface area contributed by atoms with Gasteiger partial charge in [0.25, 0.3) is 11.5 Å². The molecule has 5 rings (SSSR count). The Hall–Kier alpha value is -4.19. The maximum absolute atomic E-state index is 14.3. The van der Waals surface area contributed by atoms with Gasteiger partial charge in [-0.25, -0.2) is 17.6 Å². The van der Waals surface area contributed by atoms with Crippen molar-refractivity contribution >= 4 is 33.6 Å². The van der Waals surface area contributed by atoms with E-state index < -0.39 is 59.0 Å². The van der Waals surface area contributed by atoms with Crippen molar-refractivity contribution in [1.29, 1.82) is 0 Å². The van der Waals surface area contributed by atoms with Gasteiger partial charge in [-0.05, 0) is 29.7 Å². The average Bonchev–Trinajstić information content (AvgIpc) is 3.27. The van der Waals surface area contributed by atoms with E-state index in [-0.39, 0.29) is 45.2 Å². The van der Waals surface area contributed by atoms with Crippen LogP contribution in [0.1, 0.15) is 47.9 Å². The fourth-order valence-corrected chi connectivity index (χ4v) is 4.46. The second kappa shape index (κ2) is 9.28. The number of rotatable bonds is 4. The molecular formula is C26H21F4N3O5. The summed E-state index contributed by atoms with van der Waals surface area (Å²) in [6.45, 7) is 2.95. The Balaban J connectivity index is 1.63. The largest absolute Gasteiger partial charge is 0.429 e. The number of esters is 1. The van der Waals surface area contributed by atoms with Gasteiger partial charge in [-0.1, -0.05) is 13.8 Å². The molecule has 0 saturated heterocycles. The first-order chi connectivity index (χ1) is 18.0. The summed E-state index contributed by atoms with van der Waals surface area (Å²) in [5, 5.41) is 0.0804.